The van der Waals surface area contributed by atoms with Gasteiger partial charge in [0.25, 0.3) is 0 Å². The molecule has 2 atom stereocenters. The molecule has 2 unspecified atom stereocenters. The fourth-order valence-corrected chi connectivity index (χ4v) is 2.12. The van der Waals surface area contributed by atoms with E-state index in [1.165, 1.54) is 0 Å². The average molecular weight is 279 g/mol. The lowest BCUT2D eigenvalue weighted by Crippen LogP contribution is -2.42. The molecule has 0 spiro atoms. The first kappa shape index (κ1) is 13.9. The molecule has 100 valence electrons. The minimum absolute atomic E-state index is 0.0514. The van der Waals surface area contributed by atoms with E-state index in [1.54, 1.807) is 25.1 Å². The van der Waals surface area contributed by atoms with Crippen molar-refractivity contribution in [2.45, 2.75) is 25.5 Å². The van der Waals surface area contributed by atoms with Gasteiger partial charge in [-0.2, -0.15) is 5.26 Å². The molecule has 0 N–H and O–H groups in total. The van der Waals surface area contributed by atoms with Crippen LogP contribution in [0, 0.1) is 11.3 Å². The van der Waals surface area contributed by atoms with Crippen molar-refractivity contribution in [3.63, 3.8) is 0 Å². The summed E-state index contributed by atoms with van der Waals surface area (Å²) in [7, 11) is 1.83. The zero-order chi connectivity index (χ0) is 14.2. The predicted octanol–water partition coefficient (Wildman–Crippen LogP) is 2.39. The molecule has 1 saturated heterocycles. The molecular weight excluding hydrogens is 264 g/mol. The average Bonchev–Trinajstić information content (AvgIpc) is 3.15. The van der Waals surface area contributed by atoms with Crippen LogP contribution in [0.1, 0.15) is 19.4 Å². The number of nitrogens with zero attached hydrogens (tertiary/aromatic N) is 2. The number of ether oxygens (including phenoxy) is 1. The summed E-state index contributed by atoms with van der Waals surface area (Å²) in [5.41, 5.74) is 0.591. The SMILES string of the molecule is CC(C(=O)C1(C)CO1)N(C)c1ccc(C#N)c(Cl)c1. The van der Waals surface area contributed by atoms with E-state index in [0.717, 1.165) is 5.69 Å². The normalized spacial score (nSPS) is 22.5. The Kier molecular flexibility index (Phi) is 3.53. The Morgan fingerprint density at radius 1 is 1.63 bits per heavy atom. The lowest BCUT2D eigenvalue weighted by molar-refractivity contribution is -0.124. The van der Waals surface area contributed by atoms with Crippen LogP contribution in [-0.4, -0.2) is 31.1 Å². The smallest absolute Gasteiger partial charge is 0.188 e. The summed E-state index contributed by atoms with van der Waals surface area (Å²) < 4.78 is 5.18. The molecule has 0 amide bonds. The van der Waals surface area contributed by atoms with Gasteiger partial charge in [-0.3, -0.25) is 4.79 Å². The van der Waals surface area contributed by atoms with Crippen LogP contribution in [0.4, 0.5) is 5.69 Å². The Hall–Kier alpha value is -1.57. The lowest BCUT2D eigenvalue weighted by atomic mass is 10.0. The lowest BCUT2D eigenvalue weighted by Gasteiger charge is -2.27. The minimum Gasteiger partial charge on any atom is -0.365 e. The molecule has 0 bridgehead atoms. The van der Waals surface area contributed by atoms with Gasteiger partial charge in [-0.05, 0) is 32.0 Å². The van der Waals surface area contributed by atoms with Crippen molar-refractivity contribution in [2.75, 3.05) is 18.6 Å². The van der Waals surface area contributed by atoms with Gasteiger partial charge in [-0.15, -0.1) is 0 Å². The summed E-state index contributed by atoms with van der Waals surface area (Å²) >= 11 is 6.00. The van der Waals surface area contributed by atoms with Crippen molar-refractivity contribution in [2.24, 2.45) is 0 Å². The highest BCUT2D eigenvalue weighted by molar-refractivity contribution is 6.32. The molecule has 1 aliphatic heterocycles. The highest BCUT2D eigenvalue weighted by atomic mass is 35.5. The number of ketones is 1. The number of carbonyl (C=O) groups excluding carboxylic acids is 1. The molecule has 1 fully saturated rings. The van der Waals surface area contributed by atoms with Gasteiger partial charge in [-0.1, -0.05) is 11.6 Å². The second-order valence-corrected chi connectivity index (χ2v) is 5.35. The van der Waals surface area contributed by atoms with Crippen LogP contribution < -0.4 is 4.90 Å². The van der Waals surface area contributed by atoms with Crippen LogP contribution in [0.2, 0.25) is 5.02 Å². The third-order valence-electron chi connectivity index (χ3n) is 3.54. The van der Waals surface area contributed by atoms with E-state index in [9.17, 15) is 4.79 Å². The number of halogens is 1. The molecule has 2 rings (SSSR count). The molecule has 4 nitrogen and oxygen atoms in total. The summed E-state index contributed by atoms with van der Waals surface area (Å²) in [6.07, 6.45) is 0. The van der Waals surface area contributed by atoms with Gasteiger partial charge in [0.2, 0.25) is 0 Å². The van der Waals surface area contributed by atoms with Crippen LogP contribution in [0.15, 0.2) is 18.2 Å². The number of hydrogen-bond donors (Lipinski definition) is 0. The molecule has 1 aliphatic rings. The number of nitriles is 1. The van der Waals surface area contributed by atoms with Gasteiger partial charge < -0.3 is 9.64 Å². The summed E-state index contributed by atoms with van der Waals surface area (Å²) in [6.45, 7) is 4.12. The van der Waals surface area contributed by atoms with Gasteiger partial charge in [0, 0.05) is 12.7 Å². The Bertz CT molecular complexity index is 561. The monoisotopic (exact) mass is 278 g/mol. The van der Waals surface area contributed by atoms with Crippen LogP contribution in [-0.2, 0) is 9.53 Å². The highest BCUT2D eigenvalue weighted by Crippen LogP contribution is 2.31. The number of Topliss-reactive ketones (excluding diaryl/α,β-unsaturated/α-hetero) is 1. The summed E-state index contributed by atoms with van der Waals surface area (Å²) in [6, 6.07) is 6.83. The number of hydrogen-bond acceptors (Lipinski definition) is 4. The van der Waals surface area contributed by atoms with E-state index in [0.29, 0.717) is 17.2 Å². The Morgan fingerprint density at radius 3 is 2.74 bits per heavy atom. The number of carbonyl (C=O) groups is 1. The summed E-state index contributed by atoms with van der Waals surface area (Å²) in [5, 5.41) is 9.23. The maximum atomic E-state index is 12.2. The Labute approximate surface area is 117 Å². The van der Waals surface area contributed by atoms with E-state index < -0.39 is 5.60 Å². The quantitative estimate of drug-likeness (QED) is 0.794. The number of anilines is 1. The highest BCUT2D eigenvalue weighted by Gasteiger charge is 2.49. The summed E-state index contributed by atoms with van der Waals surface area (Å²) in [4.78, 5) is 14.0. The second kappa shape index (κ2) is 4.84. The number of epoxide rings is 1. The largest absolute Gasteiger partial charge is 0.365 e. The Morgan fingerprint density at radius 2 is 2.26 bits per heavy atom. The van der Waals surface area contributed by atoms with E-state index >= 15 is 0 Å². The number of likely N-dealkylation sites (N-methyl/N-ethyl adjacent to an activating group) is 1. The van der Waals surface area contributed by atoms with Gasteiger partial charge in [0.05, 0.1) is 23.2 Å². The molecule has 1 aromatic carbocycles. The standard InChI is InChI=1S/C14H15ClN2O2/c1-9(13(18)14(2)8-19-14)17(3)11-5-4-10(7-16)12(15)6-11/h4-6,9H,8H2,1-3H3. The molecule has 19 heavy (non-hydrogen) atoms. The van der Waals surface area contributed by atoms with Crippen LogP contribution in [0.25, 0.3) is 0 Å². The van der Waals surface area contributed by atoms with Crippen molar-refractivity contribution in [1.82, 2.24) is 0 Å². The van der Waals surface area contributed by atoms with Crippen molar-refractivity contribution in [3.05, 3.63) is 28.8 Å². The van der Waals surface area contributed by atoms with Crippen LogP contribution in [0.5, 0.6) is 0 Å². The number of benzene rings is 1. The minimum atomic E-state index is -0.635. The molecule has 5 heteroatoms. The molecule has 1 aromatic rings. The topological polar surface area (TPSA) is 56.6 Å². The van der Waals surface area contributed by atoms with Gasteiger partial charge >= 0.3 is 0 Å². The van der Waals surface area contributed by atoms with E-state index in [-0.39, 0.29) is 11.8 Å². The van der Waals surface area contributed by atoms with Crippen LogP contribution >= 0.6 is 11.6 Å². The van der Waals surface area contributed by atoms with Crippen molar-refractivity contribution in [3.8, 4) is 6.07 Å². The van der Waals surface area contributed by atoms with E-state index in [1.807, 2.05) is 24.9 Å². The molecule has 0 radical (unpaired) electrons. The van der Waals surface area contributed by atoms with Gasteiger partial charge in [0.1, 0.15) is 11.7 Å². The Balaban J connectivity index is 2.20. The molecule has 0 saturated carbocycles. The van der Waals surface area contributed by atoms with Crippen molar-refractivity contribution < 1.29 is 9.53 Å². The third kappa shape index (κ3) is 2.58. The fraction of sp³-hybridized carbons (Fsp3) is 0.429. The third-order valence-corrected chi connectivity index (χ3v) is 3.85. The van der Waals surface area contributed by atoms with E-state index in [4.69, 9.17) is 21.6 Å². The molecule has 0 aliphatic carbocycles. The first-order valence-electron chi connectivity index (χ1n) is 6.00. The van der Waals surface area contributed by atoms with Gasteiger partial charge in [-0.25, -0.2) is 0 Å². The number of rotatable bonds is 4. The first-order valence-corrected chi connectivity index (χ1v) is 6.37. The summed E-state index contributed by atoms with van der Waals surface area (Å²) in [5.74, 6) is 0.0514. The zero-order valence-corrected chi connectivity index (χ0v) is 11.9. The molecule has 1 heterocycles. The maximum absolute atomic E-state index is 12.2. The molecular formula is C14H15ClN2O2. The van der Waals surface area contributed by atoms with Gasteiger partial charge in [0.15, 0.2) is 5.78 Å². The van der Waals surface area contributed by atoms with Crippen molar-refractivity contribution in [1.29, 1.82) is 5.26 Å². The van der Waals surface area contributed by atoms with Crippen molar-refractivity contribution >= 4 is 23.1 Å². The molecule has 0 aromatic heterocycles. The second-order valence-electron chi connectivity index (χ2n) is 4.95. The zero-order valence-electron chi connectivity index (χ0n) is 11.1. The predicted molar refractivity (Wildman–Crippen MR) is 73.4 cm³/mol. The van der Waals surface area contributed by atoms with E-state index in [2.05, 4.69) is 0 Å². The first-order chi connectivity index (χ1) is 8.89. The fourth-order valence-electron chi connectivity index (χ4n) is 1.91. The maximum Gasteiger partial charge on any atom is 0.188 e. The van der Waals surface area contributed by atoms with Crippen LogP contribution in [0.3, 0.4) is 0 Å².